The predicted molar refractivity (Wildman–Crippen MR) is 92.4 cm³/mol. The largest absolute Gasteiger partial charge is 0.573 e. The quantitative estimate of drug-likeness (QED) is 0.771. The number of rotatable bonds is 6. The number of nitrogens with one attached hydrogen (secondary N) is 1. The Hall–Kier alpha value is -2.70. The van der Waals surface area contributed by atoms with Crippen LogP contribution >= 0.6 is 0 Å². The fraction of sp³-hybridized carbons (Fsp3) is 0.316. The molecule has 1 amide bonds. The lowest BCUT2D eigenvalue weighted by molar-refractivity contribution is -0.274. The van der Waals surface area contributed by atoms with Gasteiger partial charge >= 0.3 is 6.36 Å². The van der Waals surface area contributed by atoms with Crippen molar-refractivity contribution in [3.05, 3.63) is 54.1 Å². The molecule has 7 heteroatoms. The summed E-state index contributed by atoms with van der Waals surface area (Å²) >= 11 is 0. The van der Waals surface area contributed by atoms with Gasteiger partial charge < -0.3 is 14.8 Å². The van der Waals surface area contributed by atoms with Crippen LogP contribution in [0, 0.1) is 0 Å². The van der Waals surface area contributed by atoms with Gasteiger partial charge in [0.1, 0.15) is 11.5 Å². The number of benzene rings is 2. The van der Waals surface area contributed by atoms with Gasteiger partial charge in [0.05, 0.1) is 0 Å². The molecule has 0 aliphatic rings. The number of hydrogen-bond acceptors (Lipinski definition) is 3. The van der Waals surface area contributed by atoms with E-state index in [2.05, 4.69) is 10.1 Å². The van der Waals surface area contributed by atoms with E-state index in [-0.39, 0.29) is 11.7 Å². The number of amides is 1. The van der Waals surface area contributed by atoms with Crippen molar-refractivity contribution in [2.24, 2.45) is 0 Å². The average Bonchev–Trinajstić information content (AvgIpc) is 2.55. The minimum absolute atomic E-state index is 0.239. The Morgan fingerprint density at radius 1 is 1.00 bits per heavy atom. The van der Waals surface area contributed by atoms with Crippen molar-refractivity contribution in [1.29, 1.82) is 0 Å². The molecule has 0 saturated carbocycles. The number of alkyl halides is 3. The Labute approximate surface area is 149 Å². The maximum atomic E-state index is 12.3. The van der Waals surface area contributed by atoms with Crippen LogP contribution in [0.3, 0.4) is 0 Å². The topological polar surface area (TPSA) is 47.6 Å². The highest BCUT2D eigenvalue weighted by atomic mass is 19.4. The zero-order valence-corrected chi connectivity index (χ0v) is 14.6. The van der Waals surface area contributed by atoms with Crippen molar-refractivity contribution in [3.63, 3.8) is 0 Å². The van der Waals surface area contributed by atoms with Gasteiger partial charge in [0, 0.05) is 5.69 Å². The number of para-hydroxylation sites is 1. The predicted octanol–water partition coefficient (Wildman–Crippen LogP) is 5.11. The van der Waals surface area contributed by atoms with Gasteiger partial charge in [-0.05, 0) is 48.7 Å². The van der Waals surface area contributed by atoms with Gasteiger partial charge in [0.2, 0.25) is 0 Å². The normalized spacial score (nSPS) is 12.6. The summed E-state index contributed by atoms with van der Waals surface area (Å²) in [5, 5.41) is 2.60. The average molecular weight is 367 g/mol. The Morgan fingerprint density at radius 3 is 2.19 bits per heavy atom. The van der Waals surface area contributed by atoms with E-state index >= 15 is 0 Å². The van der Waals surface area contributed by atoms with Crippen LogP contribution in [-0.2, 0) is 4.79 Å². The first kappa shape index (κ1) is 19.6. The summed E-state index contributed by atoms with van der Waals surface area (Å²) in [4.78, 5) is 12.3. The van der Waals surface area contributed by atoms with E-state index < -0.39 is 18.4 Å². The molecule has 26 heavy (non-hydrogen) atoms. The number of ether oxygens (including phenoxy) is 2. The summed E-state index contributed by atoms with van der Waals surface area (Å²) < 4.78 is 46.0. The first-order valence-electron chi connectivity index (χ1n) is 8.08. The summed E-state index contributed by atoms with van der Waals surface area (Å²) in [5.74, 6) is 0.0976. The maximum absolute atomic E-state index is 12.3. The van der Waals surface area contributed by atoms with Crippen molar-refractivity contribution in [1.82, 2.24) is 0 Å². The molecule has 2 aromatic carbocycles. The summed E-state index contributed by atoms with van der Waals surface area (Å²) in [6, 6.07) is 12.4. The fourth-order valence-electron chi connectivity index (χ4n) is 2.29. The lowest BCUT2D eigenvalue weighted by Crippen LogP contribution is -2.30. The highest BCUT2D eigenvalue weighted by molar-refractivity contribution is 5.94. The van der Waals surface area contributed by atoms with Gasteiger partial charge in [-0.25, -0.2) is 0 Å². The molecule has 0 saturated heterocycles. The molecule has 2 rings (SSSR count). The number of carbonyl (C=O) groups excluding carboxylic acids is 1. The minimum atomic E-state index is -4.75. The van der Waals surface area contributed by atoms with Crippen LogP contribution in [0.15, 0.2) is 48.5 Å². The molecule has 0 bridgehead atoms. The SMILES string of the molecule is CC(C)c1ccccc1O[C@H](C)C(=O)Nc1ccc(OC(F)(F)F)cc1. The molecule has 0 spiro atoms. The second-order valence-electron chi connectivity index (χ2n) is 6.01. The van der Waals surface area contributed by atoms with E-state index in [0.29, 0.717) is 11.4 Å². The molecule has 0 radical (unpaired) electrons. The highest BCUT2D eigenvalue weighted by Gasteiger charge is 2.31. The van der Waals surface area contributed by atoms with Crippen molar-refractivity contribution >= 4 is 11.6 Å². The molecule has 2 aromatic rings. The van der Waals surface area contributed by atoms with E-state index in [9.17, 15) is 18.0 Å². The lowest BCUT2D eigenvalue weighted by atomic mass is 10.0. The van der Waals surface area contributed by atoms with E-state index in [0.717, 1.165) is 17.7 Å². The summed E-state index contributed by atoms with van der Waals surface area (Å²) in [5.41, 5.74) is 1.33. The van der Waals surface area contributed by atoms with Crippen LogP contribution in [0.1, 0.15) is 32.3 Å². The Bertz CT molecular complexity index is 742. The van der Waals surface area contributed by atoms with Crippen LogP contribution in [0.2, 0.25) is 0 Å². The van der Waals surface area contributed by atoms with Crippen molar-refractivity contribution in [2.75, 3.05) is 5.32 Å². The van der Waals surface area contributed by atoms with Gasteiger partial charge in [-0.2, -0.15) is 0 Å². The van der Waals surface area contributed by atoms with E-state index in [4.69, 9.17) is 4.74 Å². The molecule has 140 valence electrons. The smallest absolute Gasteiger partial charge is 0.481 e. The molecule has 0 aromatic heterocycles. The van der Waals surface area contributed by atoms with Crippen LogP contribution in [0.25, 0.3) is 0 Å². The lowest BCUT2D eigenvalue weighted by Gasteiger charge is -2.18. The summed E-state index contributed by atoms with van der Waals surface area (Å²) in [7, 11) is 0. The second kappa shape index (κ2) is 8.12. The first-order valence-corrected chi connectivity index (χ1v) is 8.08. The van der Waals surface area contributed by atoms with E-state index in [1.807, 2.05) is 32.0 Å². The van der Waals surface area contributed by atoms with Crippen molar-refractivity contribution in [2.45, 2.75) is 39.2 Å². The van der Waals surface area contributed by atoms with Crippen LogP contribution in [0.4, 0.5) is 18.9 Å². The fourth-order valence-corrected chi connectivity index (χ4v) is 2.29. The van der Waals surface area contributed by atoms with Gasteiger partial charge in [0.25, 0.3) is 5.91 Å². The molecule has 0 unspecified atom stereocenters. The van der Waals surface area contributed by atoms with Crippen molar-refractivity contribution in [3.8, 4) is 11.5 Å². The molecule has 4 nitrogen and oxygen atoms in total. The van der Waals surface area contributed by atoms with Gasteiger partial charge in [-0.3, -0.25) is 4.79 Å². The first-order chi connectivity index (χ1) is 12.2. The molecule has 0 aliphatic heterocycles. The monoisotopic (exact) mass is 367 g/mol. The Morgan fingerprint density at radius 2 is 1.62 bits per heavy atom. The maximum Gasteiger partial charge on any atom is 0.573 e. The van der Waals surface area contributed by atoms with E-state index in [1.54, 1.807) is 13.0 Å². The van der Waals surface area contributed by atoms with Gasteiger partial charge in [-0.15, -0.1) is 13.2 Å². The third-order valence-electron chi connectivity index (χ3n) is 3.57. The summed E-state index contributed by atoms with van der Waals surface area (Å²) in [6.07, 6.45) is -5.53. The number of carbonyl (C=O) groups is 1. The minimum Gasteiger partial charge on any atom is -0.481 e. The standard InChI is InChI=1S/C19H20F3NO3/c1-12(2)16-6-4-5-7-17(16)25-13(3)18(24)23-14-8-10-15(11-9-14)26-19(20,21)22/h4-13H,1-3H3,(H,23,24)/t13-/m1/s1. The summed E-state index contributed by atoms with van der Waals surface area (Å²) in [6.45, 7) is 5.66. The number of hydrogen-bond donors (Lipinski definition) is 1. The second-order valence-corrected chi connectivity index (χ2v) is 6.01. The Kier molecular flexibility index (Phi) is 6.13. The number of anilines is 1. The third-order valence-corrected chi connectivity index (χ3v) is 3.57. The zero-order valence-electron chi connectivity index (χ0n) is 14.6. The zero-order chi connectivity index (χ0) is 19.3. The molecule has 1 N–H and O–H groups in total. The Balaban J connectivity index is 1.99. The molecule has 0 heterocycles. The third kappa shape index (κ3) is 5.68. The highest BCUT2D eigenvalue weighted by Crippen LogP contribution is 2.27. The molecule has 1 atom stereocenters. The van der Waals surface area contributed by atoms with E-state index in [1.165, 1.54) is 12.1 Å². The van der Waals surface area contributed by atoms with Crippen molar-refractivity contribution < 1.29 is 27.4 Å². The molecular weight excluding hydrogens is 347 g/mol. The van der Waals surface area contributed by atoms with Gasteiger partial charge in [-0.1, -0.05) is 32.0 Å². The number of halogens is 3. The molecule has 0 fully saturated rings. The van der Waals surface area contributed by atoms with Crippen LogP contribution < -0.4 is 14.8 Å². The molecular formula is C19H20F3NO3. The van der Waals surface area contributed by atoms with Crippen LogP contribution in [0.5, 0.6) is 11.5 Å². The molecule has 0 aliphatic carbocycles. The van der Waals surface area contributed by atoms with Crippen LogP contribution in [-0.4, -0.2) is 18.4 Å². The van der Waals surface area contributed by atoms with Gasteiger partial charge in [0.15, 0.2) is 6.10 Å².